The molecule has 0 aliphatic rings. The van der Waals surface area contributed by atoms with E-state index in [0.717, 1.165) is 17.4 Å². The van der Waals surface area contributed by atoms with Gasteiger partial charge in [0, 0.05) is 17.2 Å². The fourth-order valence-electron chi connectivity index (χ4n) is 1.42. The zero-order chi connectivity index (χ0) is 11.3. The van der Waals surface area contributed by atoms with Crippen molar-refractivity contribution in [3.8, 4) is 0 Å². The fraction of sp³-hybridized carbons (Fsp3) is 0.583. The molecule has 15 heavy (non-hydrogen) atoms. The Balaban J connectivity index is 2.44. The number of nitrogens with zero attached hydrogens (tertiary/aromatic N) is 1. The fourth-order valence-corrected chi connectivity index (χ4v) is 2.23. The third kappa shape index (κ3) is 4.98. The zero-order valence-corrected chi connectivity index (χ0v) is 11.6. The van der Waals surface area contributed by atoms with Crippen LogP contribution in [0, 0.1) is 5.92 Å². The van der Waals surface area contributed by atoms with Crippen LogP contribution < -0.4 is 0 Å². The summed E-state index contributed by atoms with van der Waals surface area (Å²) in [5.41, 5.74) is 1.18. The molecule has 0 spiro atoms. The van der Waals surface area contributed by atoms with Gasteiger partial charge in [-0.15, -0.1) is 0 Å². The van der Waals surface area contributed by atoms with Crippen molar-refractivity contribution in [1.82, 2.24) is 4.98 Å². The first-order chi connectivity index (χ1) is 7.09. The molecule has 1 aromatic heterocycles. The number of halogens is 2. The zero-order valence-electron chi connectivity index (χ0n) is 9.21. The molecule has 0 N–H and O–H groups in total. The van der Waals surface area contributed by atoms with Gasteiger partial charge in [-0.3, -0.25) is 4.98 Å². The third-order valence-electron chi connectivity index (χ3n) is 2.36. The smallest absolute Gasteiger partial charge is 0.0621 e. The number of rotatable bonds is 5. The molecule has 1 aromatic rings. The van der Waals surface area contributed by atoms with Crippen molar-refractivity contribution < 1.29 is 0 Å². The molecular weight excluding hydrogens is 273 g/mol. The number of pyridine rings is 1. The van der Waals surface area contributed by atoms with Crippen LogP contribution in [0.4, 0.5) is 0 Å². The van der Waals surface area contributed by atoms with Gasteiger partial charge in [-0.05, 0) is 36.8 Å². The van der Waals surface area contributed by atoms with Crippen LogP contribution in [-0.2, 0) is 6.42 Å². The average molecular weight is 291 g/mol. The van der Waals surface area contributed by atoms with Gasteiger partial charge in [0.1, 0.15) is 0 Å². The molecule has 84 valence electrons. The Morgan fingerprint density at radius 3 is 2.73 bits per heavy atom. The van der Waals surface area contributed by atoms with Crippen molar-refractivity contribution in [2.75, 3.05) is 0 Å². The summed E-state index contributed by atoms with van der Waals surface area (Å²) in [6.45, 7) is 4.50. The quantitative estimate of drug-likeness (QED) is 0.729. The Labute approximate surface area is 105 Å². The van der Waals surface area contributed by atoms with Crippen molar-refractivity contribution in [1.29, 1.82) is 0 Å². The molecule has 0 aromatic carbocycles. The number of hydrogen-bond acceptors (Lipinski definition) is 1. The van der Waals surface area contributed by atoms with Crippen molar-refractivity contribution in [3.05, 3.63) is 29.0 Å². The molecule has 1 atom stereocenters. The Hall–Kier alpha value is -0.0800. The molecule has 0 aliphatic heterocycles. The standard InChI is InChI=1S/C12H17BrClN/c1-9(2)3-4-11(13)7-10-5-6-15-8-12(10)14/h5-6,8-9,11H,3-4,7H2,1-2H3. The van der Waals surface area contributed by atoms with Crippen LogP contribution in [0.2, 0.25) is 5.02 Å². The number of aromatic nitrogens is 1. The van der Waals surface area contributed by atoms with Crippen molar-refractivity contribution in [2.24, 2.45) is 5.92 Å². The second-order valence-corrected chi connectivity index (χ2v) is 5.94. The molecule has 3 heteroatoms. The van der Waals surface area contributed by atoms with Crippen LogP contribution in [0.15, 0.2) is 18.5 Å². The summed E-state index contributed by atoms with van der Waals surface area (Å²) in [6.07, 6.45) is 6.92. The Kier molecular flexibility index (Phi) is 5.62. The number of hydrogen-bond donors (Lipinski definition) is 0. The molecule has 1 nitrogen and oxygen atoms in total. The minimum absolute atomic E-state index is 0.514. The predicted molar refractivity (Wildman–Crippen MR) is 69.7 cm³/mol. The Bertz CT molecular complexity index is 301. The monoisotopic (exact) mass is 289 g/mol. The first kappa shape index (κ1) is 13.0. The SMILES string of the molecule is CC(C)CCC(Br)Cc1ccncc1Cl. The summed E-state index contributed by atoms with van der Waals surface area (Å²) in [6, 6.07) is 1.99. The molecule has 1 unspecified atom stereocenters. The van der Waals surface area contributed by atoms with E-state index in [4.69, 9.17) is 11.6 Å². The van der Waals surface area contributed by atoms with Gasteiger partial charge in [-0.25, -0.2) is 0 Å². The lowest BCUT2D eigenvalue weighted by atomic mass is 10.0. The summed E-state index contributed by atoms with van der Waals surface area (Å²) in [5.74, 6) is 0.762. The van der Waals surface area contributed by atoms with Crippen molar-refractivity contribution >= 4 is 27.5 Å². The average Bonchev–Trinajstić information content (AvgIpc) is 2.18. The minimum atomic E-state index is 0.514. The highest BCUT2D eigenvalue weighted by Crippen LogP contribution is 2.21. The third-order valence-corrected chi connectivity index (χ3v) is 3.48. The van der Waals surface area contributed by atoms with Crippen LogP contribution in [-0.4, -0.2) is 9.81 Å². The molecule has 1 rings (SSSR count). The maximum atomic E-state index is 6.05. The highest BCUT2D eigenvalue weighted by Gasteiger charge is 2.09. The lowest BCUT2D eigenvalue weighted by Crippen LogP contribution is -2.05. The van der Waals surface area contributed by atoms with E-state index in [1.165, 1.54) is 18.4 Å². The van der Waals surface area contributed by atoms with Crippen molar-refractivity contribution in [3.63, 3.8) is 0 Å². The molecule has 0 bridgehead atoms. The van der Waals surface area contributed by atoms with E-state index >= 15 is 0 Å². The lowest BCUT2D eigenvalue weighted by Gasteiger charge is -2.12. The Morgan fingerprint density at radius 2 is 2.13 bits per heavy atom. The van der Waals surface area contributed by atoms with Gasteiger partial charge in [0.25, 0.3) is 0 Å². The molecule has 0 saturated carbocycles. The summed E-state index contributed by atoms with van der Waals surface area (Å²) < 4.78 is 0. The summed E-state index contributed by atoms with van der Waals surface area (Å²) in [7, 11) is 0. The topological polar surface area (TPSA) is 12.9 Å². The van der Waals surface area contributed by atoms with Gasteiger partial charge in [0.15, 0.2) is 0 Å². The predicted octanol–water partition coefficient (Wildman–Crippen LogP) is 4.48. The van der Waals surface area contributed by atoms with Crippen LogP contribution in [0.1, 0.15) is 32.3 Å². The maximum absolute atomic E-state index is 6.05. The maximum Gasteiger partial charge on any atom is 0.0621 e. The van der Waals surface area contributed by atoms with Gasteiger partial charge >= 0.3 is 0 Å². The van der Waals surface area contributed by atoms with Gasteiger partial charge in [-0.1, -0.05) is 41.4 Å². The van der Waals surface area contributed by atoms with Crippen LogP contribution >= 0.6 is 27.5 Å². The van der Waals surface area contributed by atoms with Gasteiger partial charge in [0.2, 0.25) is 0 Å². The first-order valence-electron chi connectivity index (χ1n) is 5.32. The summed E-state index contributed by atoms with van der Waals surface area (Å²) >= 11 is 9.75. The molecule has 0 saturated heterocycles. The van der Waals surface area contributed by atoms with E-state index in [2.05, 4.69) is 34.8 Å². The molecule has 0 amide bonds. The van der Waals surface area contributed by atoms with Crippen molar-refractivity contribution in [2.45, 2.75) is 37.9 Å². The van der Waals surface area contributed by atoms with Gasteiger partial charge in [-0.2, -0.15) is 0 Å². The number of alkyl halides is 1. The molecule has 0 aliphatic carbocycles. The minimum Gasteiger partial charge on any atom is -0.263 e. The summed E-state index contributed by atoms with van der Waals surface area (Å²) in [4.78, 5) is 4.49. The van der Waals surface area contributed by atoms with E-state index in [1.54, 1.807) is 12.4 Å². The van der Waals surface area contributed by atoms with E-state index in [0.29, 0.717) is 4.83 Å². The van der Waals surface area contributed by atoms with E-state index in [9.17, 15) is 0 Å². The normalized spacial score (nSPS) is 13.1. The van der Waals surface area contributed by atoms with Crippen LogP contribution in [0.25, 0.3) is 0 Å². The second-order valence-electron chi connectivity index (χ2n) is 4.24. The van der Waals surface area contributed by atoms with E-state index < -0.39 is 0 Å². The summed E-state index contributed by atoms with van der Waals surface area (Å²) in [5, 5.41) is 0.770. The second kappa shape index (κ2) is 6.49. The molecule has 1 heterocycles. The highest BCUT2D eigenvalue weighted by atomic mass is 79.9. The van der Waals surface area contributed by atoms with Gasteiger partial charge in [0.05, 0.1) is 5.02 Å². The highest BCUT2D eigenvalue weighted by molar-refractivity contribution is 9.09. The molecule has 0 radical (unpaired) electrons. The lowest BCUT2D eigenvalue weighted by molar-refractivity contribution is 0.547. The Morgan fingerprint density at radius 1 is 1.40 bits per heavy atom. The van der Waals surface area contributed by atoms with E-state index in [-0.39, 0.29) is 0 Å². The first-order valence-corrected chi connectivity index (χ1v) is 6.61. The van der Waals surface area contributed by atoms with E-state index in [1.807, 2.05) is 6.07 Å². The molecular formula is C12H17BrClN. The molecule has 0 fully saturated rings. The van der Waals surface area contributed by atoms with Gasteiger partial charge < -0.3 is 0 Å². The largest absolute Gasteiger partial charge is 0.263 e. The van der Waals surface area contributed by atoms with Crippen LogP contribution in [0.5, 0.6) is 0 Å². The van der Waals surface area contributed by atoms with Crippen LogP contribution in [0.3, 0.4) is 0 Å².